The lowest BCUT2D eigenvalue weighted by Crippen LogP contribution is -2.25. The molecule has 0 unspecified atom stereocenters. The molecule has 1 aromatic carbocycles. The van der Waals surface area contributed by atoms with Crippen molar-refractivity contribution in [3.63, 3.8) is 0 Å². The SMILES string of the molecule is CCCCNC(=O)c1cc(-c2csc(-c3ccccc3)n2)n(CC2CCCCC2)c1C. The fourth-order valence-corrected chi connectivity index (χ4v) is 5.35. The topological polar surface area (TPSA) is 46.9 Å². The molecule has 5 heteroatoms. The van der Waals surface area contributed by atoms with Gasteiger partial charge in [0, 0.05) is 29.7 Å². The molecule has 0 bridgehead atoms. The van der Waals surface area contributed by atoms with Crippen LogP contribution in [-0.2, 0) is 6.54 Å². The molecule has 0 atom stereocenters. The summed E-state index contributed by atoms with van der Waals surface area (Å²) >= 11 is 1.67. The number of carbonyl (C=O) groups is 1. The summed E-state index contributed by atoms with van der Waals surface area (Å²) in [5, 5.41) is 6.25. The fraction of sp³-hybridized carbons (Fsp3) is 0.462. The molecular weight excluding hydrogens is 402 g/mol. The van der Waals surface area contributed by atoms with Crippen molar-refractivity contribution in [3.8, 4) is 22.0 Å². The van der Waals surface area contributed by atoms with Gasteiger partial charge in [-0.1, -0.05) is 62.9 Å². The maximum Gasteiger partial charge on any atom is 0.253 e. The maximum absolute atomic E-state index is 12.9. The van der Waals surface area contributed by atoms with Crippen molar-refractivity contribution >= 4 is 17.2 Å². The van der Waals surface area contributed by atoms with E-state index in [1.807, 2.05) is 18.2 Å². The Morgan fingerprint density at radius 1 is 1.19 bits per heavy atom. The van der Waals surface area contributed by atoms with Crippen LogP contribution in [-0.4, -0.2) is 22.0 Å². The largest absolute Gasteiger partial charge is 0.352 e. The number of thiazole rings is 1. The van der Waals surface area contributed by atoms with Crippen molar-refractivity contribution < 1.29 is 4.79 Å². The molecule has 0 aliphatic heterocycles. The van der Waals surface area contributed by atoms with Gasteiger partial charge in [0.2, 0.25) is 0 Å². The highest BCUT2D eigenvalue weighted by molar-refractivity contribution is 7.13. The number of unbranched alkanes of at least 4 members (excludes halogenated alkanes) is 1. The van der Waals surface area contributed by atoms with Crippen LogP contribution in [0.1, 0.15) is 67.9 Å². The molecule has 2 heterocycles. The van der Waals surface area contributed by atoms with Gasteiger partial charge in [-0.15, -0.1) is 11.3 Å². The Morgan fingerprint density at radius 2 is 1.97 bits per heavy atom. The molecule has 0 spiro atoms. The summed E-state index contributed by atoms with van der Waals surface area (Å²) in [5.74, 6) is 0.718. The van der Waals surface area contributed by atoms with E-state index in [2.05, 4.69) is 47.3 Å². The van der Waals surface area contributed by atoms with E-state index in [1.54, 1.807) is 11.3 Å². The van der Waals surface area contributed by atoms with Crippen LogP contribution in [0, 0.1) is 12.8 Å². The van der Waals surface area contributed by atoms with E-state index < -0.39 is 0 Å². The Balaban J connectivity index is 1.67. The zero-order valence-electron chi connectivity index (χ0n) is 18.7. The van der Waals surface area contributed by atoms with Gasteiger partial charge in [0.15, 0.2) is 0 Å². The zero-order valence-corrected chi connectivity index (χ0v) is 19.5. The van der Waals surface area contributed by atoms with Crippen LogP contribution >= 0.6 is 11.3 Å². The minimum Gasteiger partial charge on any atom is -0.352 e. The average Bonchev–Trinajstić information content (AvgIpc) is 3.41. The zero-order chi connectivity index (χ0) is 21.6. The van der Waals surface area contributed by atoms with Crippen LogP contribution in [0.5, 0.6) is 0 Å². The summed E-state index contributed by atoms with van der Waals surface area (Å²) in [6.45, 7) is 5.93. The highest BCUT2D eigenvalue weighted by Gasteiger charge is 2.23. The first kappa shape index (κ1) is 21.8. The summed E-state index contributed by atoms with van der Waals surface area (Å²) in [6, 6.07) is 12.4. The number of rotatable bonds is 8. The fourth-order valence-electron chi connectivity index (χ4n) is 4.53. The van der Waals surface area contributed by atoms with Crippen LogP contribution in [0.4, 0.5) is 0 Å². The number of nitrogens with zero attached hydrogens (tertiary/aromatic N) is 2. The number of benzene rings is 1. The summed E-state index contributed by atoms with van der Waals surface area (Å²) in [7, 11) is 0. The molecule has 0 radical (unpaired) electrons. The first-order chi connectivity index (χ1) is 15.2. The average molecular weight is 436 g/mol. The van der Waals surface area contributed by atoms with Crippen LogP contribution in [0.2, 0.25) is 0 Å². The molecule has 3 aromatic rings. The Kier molecular flexibility index (Phi) is 7.23. The molecule has 1 N–H and O–H groups in total. The Morgan fingerprint density at radius 3 is 2.71 bits per heavy atom. The molecule has 1 fully saturated rings. The Labute approximate surface area is 189 Å². The van der Waals surface area contributed by atoms with Gasteiger partial charge in [-0.2, -0.15) is 0 Å². The second-order valence-corrected chi connectivity index (χ2v) is 9.51. The van der Waals surface area contributed by atoms with E-state index in [9.17, 15) is 4.79 Å². The normalized spacial score (nSPS) is 14.6. The molecular formula is C26H33N3OS. The van der Waals surface area contributed by atoms with Crippen molar-refractivity contribution in [1.29, 1.82) is 0 Å². The predicted octanol–water partition coefficient (Wildman–Crippen LogP) is 6.70. The maximum atomic E-state index is 12.9. The highest BCUT2D eigenvalue weighted by atomic mass is 32.1. The Hall–Kier alpha value is -2.40. The molecule has 4 nitrogen and oxygen atoms in total. The van der Waals surface area contributed by atoms with Crippen LogP contribution in [0.15, 0.2) is 41.8 Å². The van der Waals surface area contributed by atoms with Gasteiger partial charge in [-0.05, 0) is 38.2 Å². The van der Waals surface area contributed by atoms with Gasteiger partial charge < -0.3 is 9.88 Å². The van der Waals surface area contributed by atoms with Crippen LogP contribution in [0.3, 0.4) is 0 Å². The number of aromatic nitrogens is 2. The minimum absolute atomic E-state index is 0.0353. The summed E-state index contributed by atoms with van der Waals surface area (Å²) < 4.78 is 2.36. The van der Waals surface area contributed by atoms with Gasteiger partial charge in [0.25, 0.3) is 5.91 Å². The number of hydrogen-bond acceptors (Lipinski definition) is 3. The van der Waals surface area contributed by atoms with Gasteiger partial charge in [0.1, 0.15) is 5.01 Å². The van der Waals surface area contributed by atoms with E-state index in [-0.39, 0.29) is 5.91 Å². The van der Waals surface area contributed by atoms with Crippen molar-refractivity contribution in [2.75, 3.05) is 6.54 Å². The molecule has 2 aromatic heterocycles. The third kappa shape index (κ3) is 5.09. The quantitative estimate of drug-likeness (QED) is 0.400. The standard InChI is InChI=1S/C26H33N3OS/c1-3-4-15-27-25(30)22-16-24(29(19(22)2)17-20-11-7-5-8-12-20)23-18-31-26(28-23)21-13-9-6-10-14-21/h6,9-10,13-14,16,18,20H,3-5,7-8,11-12,15,17H2,1-2H3,(H,27,30). The lowest BCUT2D eigenvalue weighted by atomic mass is 9.89. The summed E-state index contributed by atoms with van der Waals surface area (Å²) in [4.78, 5) is 17.9. The third-order valence-corrected chi connectivity index (χ3v) is 7.27. The van der Waals surface area contributed by atoms with Crippen LogP contribution in [0.25, 0.3) is 22.0 Å². The van der Waals surface area contributed by atoms with E-state index in [1.165, 1.54) is 32.1 Å². The van der Waals surface area contributed by atoms with E-state index in [0.29, 0.717) is 5.92 Å². The molecule has 0 saturated heterocycles. The van der Waals surface area contributed by atoms with Gasteiger partial charge in [-0.25, -0.2) is 4.98 Å². The van der Waals surface area contributed by atoms with Gasteiger partial charge >= 0.3 is 0 Å². The molecule has 1 saturated carbocycles. The molecule has 1 amide bonds. The highest BCUT2D eigenvalue weighted by Crippen LogP contribution is 2.34. The van der Waals surface area contributed by atoms with Crippen molar-refractivity contribution in [3.05, 3.63) is 53.0 Å². The van der Waals surface area contributed by atoms with Crippen molar-refractivity contribution in [2.45, 2.75) is 65.3 Å². The first-order valence-corrected chi connectivity index (χ1v) is 12.5. The Bertz CT molecular complexity index is 999. The molecule has 1 aliphatic carbocycles. The van der Waals surface area contributed by atoms with Crippen LogP contribution < -0.4 is 5.32 Å². The van der Waals surface area contributed by atoms with E-state index in [4.69, 9.17) is 4.98 Å². The second-order valence-electron chi connectivity index (χ2n) is 8.66. The molecule has 1 aliphatic rings. The number of carbonyl (C=O) groups excluding carboxylic acids is 1. The van der Waals surface area contributed by atoms with E-state index in [0.717, 1.165) is 59.1 Å². The summed E-state index contributed by atoms with van der Waals surface area (Å²) in [6.07, 6.45) is 8.63. The number of amides is 1. The monoisotopic (exact) mass is 435 g/mol. The minimum atomic E-state index is 0.0353. The molecule has 4 rings (SSSR count). The lowest BCUT2D eigenvalue weighted by molar-refractivity contribution is 0.0952. The lowest BCUT2D eigenvalue weighted by Gasteiger charge is -2.24. The third-order valence-electron chi connectivity index (χ3n) is 6.38. The smallest absolute Gasteiger partial charge is 0.253 e. The first-order valence-electron chi connectivity index (χ1n) is 11.7. The number of hydrogen-bond donors (Lipinski definition) is 1. The molecule has 31 heavy (non-hydrogen) atoms. The molecule has 164 valence electrons. The van der Waals surface area contributed by atoms with Gasteiger partial charge in [-0.3, -0.25) is 4.79 Å². The van der Waals surface area contributed by atoms with Crippen molar-refractivity contribution in [2.24, 2.45) is 5.92 Å². The van der Waals surface area contributed by atoms with Gasteiger partial charge in [0.05, 0.1) is 17.0 Å². The van der Waals surface area contributed by atoms with Crippen molar-refractivity contribution in [1.82, 2.24) is 14.9 Å². The second kappa shape index (κ2) is 10.3. The predicted molar refractivity (Wildman–Crippen MR) is 130 cm³/mol. The van der Waals surface area contributed by atoms with E-state index >= 15 is 0 Å². The number of nitrogens with one attached hydrogen (secondary N) is 1. The summed E-state index contributed by atoms with van der Waals surface area (Å²) in [5.41, 5.74) is 5.02.